The normalized spacial score (nSPS) is 13.8. The first-order chi connectivity index (χ1) is 14.5. The number of nitrogens with zero attached hydrogens (tertiary/aromatic N) is 3. The summed E-state index contributed by atoms with van der Waals surface area (Å²) in [4.78, 5) is 15.3. The number of hydrogen-bond donors (Lipinski definition) is 1. The van der Waals surface area contributed by atoms with E-state index in [1.807, 2.05) is 13.8 Å². The second-order valence-corrected chi connectivity index (χ2v) is 8.03. The molecule has 2 heterocycles. The van der Waals surface area contributed by atoms with Crippen molar-refractivity contribution in [2.24, 2.45) is 0 Å². The van der Waals surface area contributed by atoms with Gasteiger partial charge < -0.3 is 10.2 Å². The van der Waals surface area contributed by atoms with Gasteiger partial charge in [-0.25, -0.2) is 9.07 Å². The molecule has 6 heteroatoms. The van der Waals surface area contributed by atoms with Gasteiger partial charge in [-0.05, 0) is 60.7 Å². The Morgan fingerprint density at radius 1 is 1.03 bits per heavy atom. The van der Waals surface area contributed by atoms with Crippen molar-refractivity contribution in [1.29, 1.82) is 0 Å². The molecule has 0 radical (unpaired) electrons. The smallest absolute Gasteiger partial charge is 0.255 e. The van der Waals surface area contributed by atoms with E-state index >= 15 is 0 Å². The molecule has 1 saturated heterocycles. The lowest BCUT2D eigenvalue weighted by Gasteiger charge is -2.17. The van der Waals surface area contributed by atoms with Crippen LogP contribution in [0.5, 0.6) is 0 Å². The van der Waals surface area contributed by atoms with Crippen molar-refractivity contribution < 1.29 is 9.18 Å². The van der Waals surface area contributed by atoms with Crippen molar-refractivity contribution in [3.05, 3.63) is 77.4 Å². The summed E-state index contributed by atoms with van der Waals surface area (Å²) in [5, 5.41) is 7.40. The maximum atomic E-state index is 13.3. The molecule has 0 bridgehead atoms. The number of anilines is 1. The van der Waals surface area contributed by atoms with Crippen LogP contribution in [-0.2, 0) is 6.54 Å². The number of rotatable bonds is 6. The van der Waals surface area contributed by atoms with Crippen molar-refractivity contribution in [3.8, 4) is 5.69 Å². The fraction of sp³-hybridized carbons (Fsp3) is 0.333. The van der Waals surface area contributed by atoms with Crippen LogP contribution in [0.15, 0.2) is 54.7 Å². The van der Waals surface area contributed by atoms with Gasteiger partial charge in [0.25, 0.3) is 5.91 Å². The molecule has 0 aliphatic carbocycles. The summed E-state index contributed by atoms with van der Waals surface area (Å²) in [6.07, 6.45) is 4.09. The summed E-state index contributed by atoms with van der Waals surface area (Å²) in [5.74, 6) is -0.376. The molecule has 1 fully saturated rings. The molecule has 30 heavy (non-hydrogen) atoms. The van der Waals surface area contributed by atoms with Crippen LogP contribution >= 0.6 is 0 Å². The monoisotopic (exact) mass is 406 g/mol. The van der Waals surface area contributed by atoms with E-state index in [-0.39, 0.29) is 17.6 Å². The fourth-order valence-corrected chi connectivity index (χ4v) is 3.95. The summed E-state index contributed by atoms with van der Waals surface area (Å²) >= 11 is 0. The number of amides is 1. The fourth-order valence-electron chi connectivity index (χ4n) is 3.95. The van der Waals surface area contributed by atoms with Gasteiger partial charge in [-0.1, -0.05) is 26.0 Å². The largest absolute Gasteiger partial charge is 0.372 e. The van der Waals surface area contributed by atoms with Gasteiger partial charge >= 0.3 is 0 Å². The molecular weight excluding hydrogens is 379 g/mol. The molecule has 1 amide bonds. The van der Waals surface area contributed by atoms with E-state index in [0.717, 1.165) is 30.0 Å². The molecule has 2 aromatic carbocycles. The molecule has 3 aromatic rings. The summed E-state index contributed by atoms with van der Waals surface area (Å²) in [6.45, 7) is 6.73. The number of halogens is 1. The zero-order chi connectivity index (χ0) is 21.1. The van der Waals surface area contributed by atoms with Crippen LogP contribution in [-0.4, -0.2) is 28.8 Å². The SMILES string of the molecule is CC(C)c1c(C(=O)NCc2ccc(N3CCCC3)cc2)cnn1-c1ccc(F)cc1. The molecule has 1 aliphatic heterocycles. The van der Waals surface area contributed by atoms with E-state index in [1.54, 1.807) is 23.0 Å². The Morgan fingerprint density at radius 2 is 1.67 bits per heavy atom. The van der Waals surface area contributed by atoms with Crippen LogP contribution in [0.3, 0.4) is 0 Å². The summed E-state index contributed by atoms with van der Waals surface area (Å²) in [5.41, 5.74) is 4.39. The lowest BCUT2D eigenvalue weighted by atomic mass is 10.0. The van der Waals surface area contributed by atoms with Crippen molar-refractivity contribution in [3.63, 3.8) is 0 Å². The van der Waals surface area contributed by atoms with Gasteiger partial charge in [0, 0.05) is 25.3 Å². The molecule has 0 saturated carbocycles. The number of aromatic nitrogens is 2. The minimum absolute atomic E-state index is 0.0815. The van der Waals surface area contributed by atoms with Gasteiger partial charge in [-0.3, -0.25) is 4.79 Å². The molecule has 5 nitrogen and oxygen atoms in total. The average molecular weight is 407 g/mol. The number of benzene rings is 2. The quantitative estimate of drug-likeness (QED) is 0.647. The van der Waals surface area contributed by atoms with Gasteiger partial charge in [0.2, 0.25) is 0 Å². The summed E-state index contributed by atoms with van der Waals surface area (Å²) in [7, 11) is 0. The highest BCUT2D eigenvalue weighted by Crippen LogP contribution is 2.24. The highest BCUT2D eigenvalue weighted by molar-refractivity contribution is 5.95. The van der Waals surface area contributed by atoms with E-state index in [0.29, 0.717) is 12.1 Å². The molecule has 156 valence electrons. The number of nitrogens with one attached hydrogen (secondary N) is 1. The molecule has 0 spiro atoms. The Balaban J connectivity index is 1.47. The van der Waals surface area contributed by atoms with E-state index in [9.17, 15) is 9.18 Å². The predicted molar refractivity (Wildman–Crippen MR) is 117 cm³/mol. The molecule has 4 rings (SSSR count). The van der Waals surface area contributed by atoms with E-state index in [2.05, 4.69) is 39.6 Å². The molecule has 0 atom stereocenters. The van der Waals surface area contributed by atoms with Gasteiger partial charge in [-0.2, -0.15) is 5.10 Å². The first kappa shape index (κ1) is 20.1. The molecule has 1 aliphatic rings. The van der Waals surface area contributed by atoms with Crippen molar-refractivity contribution in [2.75, 3.05) is 18.0 Å². The zero-order valence-electron chi connectivity index (χ0n) is 17.4. The number of carbonyl (C=O) groups excluding carboxylic acids is 1. The summed E-state index contributed by atoms with van der Waals surface area (Å²) < 4.78 is 15.0. The average Bonchev–Trinajstić information content (AvgIpc) is 3.43. The van der Waals surface area contributed by atoms with Crippen molar-refractivity contribution in [1.82, 2.24) is 15.1 Å². The summed E-state index contributed by atoms with van der Waals surface area (Å²) in [6, 6.07) is 14.5. The Labute approximate surface area is 176 Å². The van der Waals surface area contributed by atoms with Crippen LogP contribution in [0, 0.1) is 5.82 Å². The van der Waals surface area contributed by atoms with Crippen LogP contribution < -0.4 is 10.2 Å². The first-order valence-electron chi connectivity index (χ1n) is 10.5. The van der Waals surface area contributed by atoms with Crippen LogP contribution in [0.2, 0.25) is 0 Å². The zero-order valence-corrected chi connectivity index (χ0v) is 17.4. The van der Waals surface area contributed by atoms with Crippen LogP contribution in [0.25, 0.3) is 5.69 Å². The third kappa shape index (κ3) is 4.22. The molecule has 0 unspecified atom stereocenters. The second kappa shape index (κ2) is 8.69. The molecule has 1 aromatic heterocycles. The Kier molecular flexibility index (Phi) is 5.84. The number of carbonyl (C=O) groups is 1. The van der Waals surface area contributed by atoms with Crippen LogP contribution in [0.1, 0.15) is 54.2 Å². The maximum Gasteiger partial charge on any atom is 0.255 e. The third-order valence-electron chi connectivity index (χ3n) is 5.53. The van der Waals surface area contributed by atoms with Gasteiger partial charge in [0.1, 0.15) is 5.82 Å². The van der Waals surface area contributed by atoms with Gasteiger partial charge in [0.15, 0.2) is 0 Å². The lowest BCUT2D eigenvalue weighted by Crippen LogP contribution is -2.24. The maximum absolute atomic E-state index is 13.3. The van der Waals surface area contributed by atoms with Crippen molar-refractivity contribution >= 4 is 11.6 Å². The van der Waals surface area contributed by atoms with E-state index < -0.39 is 0 Å². The third-order valence-corrected chi connectivity index (χ3v) is 5.53. The standard InChI is InChI=1S/C24H27FN4O/c1-17(2)23-22(16-27-29(23)21-11-7-19(25)8-12-21)24(30)26-15-18-5-9-20(10-6-18)28-13-3-4-14-28/h5-12,16-17H,3-4,13-15H2,1-2H3,(H,26,30). The predicted octanol–water partition coefficient (Wildman–Crippen LogP) is 4.67. The first-order valence-corrected chi connectivity index (χ1v) is 10.5. The Morgan fingerprint density at radius 3 is 2.30 bits per heavy atom. The Bertz CT molecular complexity index is 1000. The lowest BCUT2D eigenvalue weighted by molar-refractivity contribution is 0.0949. The minimum atomic E-state index is -0.300. The van der Waals surface area contributed by atoms with E-state index in [4.69, 9.17) is 0 Å². The van der Waals surface area contributed by atoms with Crippen LogP contribution in [0.4, 0.5) is 10.1 Å². The second-order valence-electron chi connectivity index (χ2n) is 8.03. The van der Waals surface area contributed by atoms with Crippen molar-refractivity contribution in [2.45, 2.75) is 39.2 Å². The Hall–Kier alpha value is -3.15. The number of hydrogen-bond acceptors (Lipinski definition) is 3. The highest BCUT2D eigenvalue weighted by atomic mass is 19.1. The topological polar surface area (TPSA) is 50.2 Å². The minimum Gasteiger partial charge on any atom is -0.372 e. The van der Waals surface area contributed by atoms with Gasteiger partial charge in [0.05, 0.1) is 23.1 Å². The highest BCUT2D eigenvalue weighted by Gasteiger charge is 2.21. The van der Waals surface area contributed by atoms with E-state index in [1.165, 1.54) is 30.7 Å². The molecule has 1 N–H and O–H groups in total. The van der Waals surface area contributed by atoms with Gasteiger partial charge in [-0.15, -0.1) is 0 Å². The molecular formula is C24H27FN4O.